The Balaban J connectivity index is 4.37. The van der Waals surface area contributed by atoms with Crippen LogP contribution in [0.25, 0.3) is 0 Å². The van der Waals surface area contributed by atoms with Crippen molar-refractivity contribution in [2.75, 3.05) is 0 Å². The van der Waals surface area contributed by atoms with Crippen LogP contribution in [0.2, 0.25) is 18.1 Å². The Labute approximate surface area is 87.9 Å². The second-order valence-electron chi connectivity index (χ2n) is 4.93. The maximum absolute atomic E-state index is 10.1. The minimum absolute atomic E-state index is 0.152. The molecule has 0 saturated heterocycles. The fourth-order valence-electron chi connectivity index (χ4n) is 0.800. The third-order valence-corrected chi connectivity index (χ3v) is 7.18. The van der Waals surface area contributed by atoms with Gasteiger partial charge in [0, 0.05) is 0 Å². The smallest absolute Gasteiger partial charge is 0.193 e. The van der Waals surface area contributed by atoms with E-state index in [0.717, 1.165) is 0 Å². The molecule has 0 heterocycles. The molecule has 0 aliphatic rings. The Morgan fingerprint density at radius 2 is 1.86 bits per heavy atom. The zero-order valence-corrected chi connectivity index (χ0v) is 11.0. The molecule has 4 heteroatoms. The van der Waals surface area contributed by atoms with E-state index in [1.165, 1.54) is 0 Å². The number of rotatable bonds is 2. The third-order valence-electron chi connectivity index (χ3n) is 2.62. The third kappa shape index (κ3) is 4.25. The summed E-state index contributed by atoms with van der Waals surface area (Å²) in [7, 11) is -1.74. The summed E-state index contributed by atoms with van der Waals surface area (Å²) in [6.07, 6.45) is -0.152. The lowest BCUT2D eigenvalue weighted by molar-refractivity contribution is -0.492. The van der Waals surface area contributed by atoms with Crippen molar-refractivity contribution in [1.29, 1.82) is 0 Å². The lowest BCUT2D eigenvalue weighted by atomic mass is 10.2. The van der Waals surface area contributed by atoms with Gasteiger partial charge in [0.2, 0.25) is 0 Å². The lowest BCUT2D eigenvalue weighted by Crippen LogP contribution is -2.71. The quantitative estimate of drug-likeness (QED) is 0.430. The molecule has 0 aromatic heterocycles. The first-order valence-electron chi connectivity index (χ1n) is 4.83. The van der Waals surface area contributed by atoms with Gasteiger partial charge >= 0.3 is 0 Å². The van der Waals surface area contributed by atoms with E-state index in [1.807, 2.05) is 6.92 Å². The molecule has 0 aliphatic carbocycles. The van der Waals surface area contributed by atoms with Gasteiger partial charge in [0.25, 0.3) is 0 Å². The molecule has 1 atom stereocenters. The highest BCUT2D eigenvalue weighted by atomic mass is 28.4. The predicted octanol–water partition coefficient (Wildman–Crippen LogP) is 1.42. The molecule has 0 radical (unpaired) electrons. The van der Waals surface area contributed by atoms with Gasteiger partial charge in [-0.25, -0.2) is 0 Å². The number of hydroxylamine groups is 1. The molecule has 0 bridgehead atoms. The molecule has 0 amide bonds. The van der Waals surface area contributed by atoms with E-state index in [-0.39, 0.29) is 11.1 Å². The SMILES string of the molecule is C[C@@H](C#C[NH2+][O-])O[Si](C)(C)C(C)(C)C. The first kappa shape index (κ1) is 13.7. The first-order valence-corrected chi connectivity index (χ1v) is 7.74. The first-order chi connectivity index (χ1) is 6.20. The van der Waals surface area contributed by atoms with Gasteiger partial charge in [0.15, 0.2) is 8.32 Å². The molecule has 0 spiro atoms. The Hall–Kier alpha value is -0.343. The Bertz CT molecular complexity index is 235. The van der Waals surface area contributed by atoms with Crippen LogP contribution in [0.1, 0.15) is 27.7 Å². The van der Waals surface area contributed by atoms with Crippen molar-refractivity contribution in [2.24, 2.45) is 0 Å². The van der Waals surface area contributed by atoms with Crippen molar-refractivity contribution in [2.45, 2.75) is 51.9 Å². The summed E-state index contributed by atoms with van der Waals surface area (Å²) < 4.78 is 5.91. The maximum Gasteiger partial charge on any atom is 0.193 e. The highest BCUT2D eigenvalue weighted by Gasteiger charge is 2.38. The zero-order chi connectivity index (χ0) is 11.4. The van der Waals surface area contributed by atoms with Gasteiger partial charge in [0.1, 0.15) is 12.1 Å². The van der Waals surface area contributed by atoms with E-state index < -0.39 is 8.32 Å². The largest absolute Gasteiger partial charge is 0.622 e. The van der Waals surface area contributed by atoms with Crippen molar-refractivity contribution < 1.29 is 9.91 Å². The molecule has 82 valence electrons. The van der Waals surface area contributed by atoms with Crippen LogP contribution in [0, 0.1) is 17.2 Å². The predicted molar refractivity (Wildman–Crippen MR) is 60.8 cm³/mol. The van der Waals surface area contributed by atoms with Crippen LogP contribution < -0.4 is 5.48 Å². The van der Waals surface area contributed by atoms with Crippen LogP contribution >= 0.6 is 0 Å². The Kier molecular flexibility index (Phi) is 4.82. The van der Waals surface area contributed by atoms with Crippen LogP contribution in [0.5, 0.6) is 0 Å². The van der Waals surface area contributed by atoms with Crippen molar-refractivity contribution in [3.8, 4) is 12.0 Å². The van der Waals surface area contributed by atoms with Crippen molar-refractivity contribution >= 4 is 8.32 Å². The summed E-state index contributed by atoms with van der Waals surface area (Å²) in [4.78, 5) is 0. The number of hydrogen-bond donors (Lipinski definition) is 1. The molecule has 3 nitrogen and oxygen atoms in total. The number of quaternary nitrogens is 1. The van der Waals surface area contributed by atoms with Gasteiger partial charge in [-0.15, -0.1) is 0 Å². The van der Waals surface area contributed by atoms with Crippen LogP contribution in [0.3, 0.4) is 0 Å². The molecule has 0 aliphatic heterocycles. The van der Waals surface area contributed by atoms with E-state index in [0.29, 0.717) is 5.48 Å². The molecule has 0 aromatic rings. The molecule has 0 rings (SSSR count). The van der Waals surface area contributed by atoms with Crippen LogP contribution in [0.4, 0.5) is 0 Å². The van der Waals surface area contributed by atoms with Gasteiger partial charge < -0.3 is 15.1 Å². The molecule has 0 saturated carbocycles. The summed E-state index contributed by atoms with van der Waals surface area (Å²) in [6.45, 7) is 12.8. The molecule has 0 fully saturated rings. The fourth-order valence-corrected chi connectivity index (χ4v) is 2.10. The topological polar surface area (TPSA) is 48.9 Å². The summed E-state index contributed by atoms with van der Waals surface area (Å²) in [6, 6.07) is 2.39. The summed E-state index contributed by atoms with van der Waals surface area (Å²) in [5, 5.41) is 10.2. The van der Waals surface area contributed by atoms with E-state index in [2.05, 4.69) is 45.8 Å². The summed E-state index contributed by atoms with van der Waals surface area (Å²) in [5.74, 6) is 2.75. The Morgan fingerprint density at radius 3 is 2.21 bits per heavy atom. The van der Waals surface area contributed by atoms with Crippen molar-refractivity contribution in [3.05, 3.63) is 5.21 Å². The van der Waals surface area contributed by atoms with E-state index in [4.69, 9.17) is 4.43 Å². The highest BCUT2D eigenvalue weighted by molar-refractivity contribution is 6.74. The molecular weight excluding hydrogens is 194 g/mol. The van der Waals surface area contributed by atoms with Crippen LogP contribution in [0.15, 0.2) is 0 Å². The Morgan fingerprint density at radius 1 is 1.36 bits per heavy atom. The average Bonchev–Trinajstić information content (AvgIpc) is 1.97. The maximum atomic E-state index is 10.1. The van der Waals surface area contributed by atoms with Crippen molar-refractivity contribution in [1.82, 2.24) is 0 Å². The second kappa shape index (κ2) is 4.94. The molecular formula is C10H21NO2Si. The van der Waals surface area contributed by atoms with E-state index in [1.54, 1.807) is 0 Å². The summed E-state index contributed by atoms with van der Waals surface area (Å²) >= 11 is 0. The molecule has 0 aromatic carbocycles. The summed E-state index contributed by atoms with van der Waals surface area (Å²) in [5.41, 5.74) is 0.603. The van der Waals surface area contributed by atoms with Crippen LogP contribution in [-0.2, 0) is 4.43 Å². The number of nitrogens with two attached hydrogens (primary N) is 1. The van der Waals surface area contributed by atoms with Gasteiger partial charge in [-0.2, -0.15) is 0 Å². The standard InChI is InChI=1S/C10H21NO2Si/c1-9(7-8-11-12)13-14(5,6)10(2,3)4/h9H,11H2,1-6H3/t9-/m0/s1. The lowest BCUT2D eigenvalue weighted by Gasteiger charge is -2.37. The minimum Gasteiger partial charge on any atom is -0.622 e. The van der Waals surface area contributed by atoms with Gasteiger partial charge in [-0.05, 0) is 31.0 Å². The van der Waals surface area contributed by atoms with Crippen molar-refractivity contribution in [3.63, 3.8) is 0 Å². The van der Waals surface area contributed by atoms with Gasteiger partial charge in [-0.3, -0.25) is 0 Å². The fraction of sp³-hybridized carbons (Fsp3) is 0.800. The monoisotopic (exact) mass is 215 g/mol. The minimum atomic E-state index is -1.74. The zero-order valence-electron chi connectivity index (χ0n) is 9.97. The molecule has 14 heavy (non-hydrogen) atoms. The highest BCUT2D eigenvalue weighted by Crippen LogP contribution is 2.37. The second-order valence-corrected chi connectivity index (χ2v) is 9.68. The van der Waals surface area contributed by atoms with E-state index in [9.17, 15) is 5.21 Å². The normalized spacial score (nSPS) is 14.5. The van der Waals surface area contributed by atoms with E-state index >= 15 is 0 Å². The van der Waals surface area contributed by atoms with Gasteiger partial charge in [-0.1, -0.05) is 20.8 Å². The number of hydrogen-bond acceptors (Lipinski definition) is 2. The van der Waals surface area contributed by atoms with Crippen LogP contribution in [-0.4, -0.2) is 14.4 Å². The average molecular weight is 215 g/mol. The molecule has 2 N–H and O–H groups in total. The molecule has 0 unspecified atom stereocenters. The van der Waals surface area contributed by atoms with Gasteiger partial charge in [0.05, 0.1) is 0 Å².